The maximum Gasteiger partial charge on any atom is 0.220 e. The van der Waals surface area contributed by atoms with Crippen molar-refractivity contribution in [2.45, 2.75) is 45.7 Å². The molecule has 1 aromatic heterocycles. The highest BCUT2D eigenvalue weighted by Crippen LogP contribution is 2.20. The van der Waals surface area contributed by atoms with Crippen LogP contribution in [0.5, 0.6) is 0 Å². The summed E-state index contributed by atoms with van der Waals surface area (Å²) in [7, 11) is 0. The maximum absolute atomic E-state index is 12.1. The fourth-order valence-corrected chi connectivity index (χ4v) is 4.14. The number of rotatable bonds is 7. The SMILES string of the molecule is Cc1ccc(C(=O)CCC(=O)NCC(C)N2CCc3ccccc3C2)s1. The van der Waals surface area contributed by atoms with Gasteiger partial charge in [-0.05, 0) is 43.5 Å². The molecule has 0 bridgehead atoms. The summed E-state index contributed by atoms with van der Waals surface area (Å²) < 4.78 is 0. The molecule has 1 amide bonds. The van der Waals surface area contributed by atoms with Crippen molar-refractivity contribution in [2.75, 3.05) is 13.1 Å². The number of carbonyl (C=O) groups excluding carboxylic acids is 2. The van der Waals surface area contributed by atoms with Crippen molar-refractivity contribution in [1.82, 2.24) is 10.2 Å². The number of amides is 1. The highest BCUT2D eigenvalue weighted by atomic mass is 32.1. The summed E-state index contributed by atoms with van der Waals surface area (Å²) in [6.07, 6.45) is 1.59. The van der Waals surface area contributed by atoms with E-state index in [1.165, 1.54) is 22.5 Å². The molecule has 3 rings (SSSR count). The average molecular weight is 371 g/mol. The Hall–Kier alpha value is -1.98. The van der Waals surface area contributed by atoms with Gasteiger partial charge < -0.3 is 5.32 Å². The second kappa shape index (κ2) is 8.60. The van der Waals surface area contributed by atoms with Crippen molar-refractivity contribution in [1.29, 1.82) is 0 Å². The third-order valence-electron chi connectivity index (χ3n) is 4.97. The molecule has 1 aliphatic heterocycles. The lowest BCUT2D eigenvalue weighted by Gasteiger charge is -2.33. The Morgan fingerprint density at radius 2 is 1.92 bits per heavy atom. The van der Waals surface area contributed by atoms with Crippen LogP contribution in [-0.2, 0) is 17.8 Å². The monoisotopic (exact) mass is 370 g/mol. The van der Waals surface area contributed by atoms with Crippen molar-refractivity contribution in [3.63, 3.8) is 0 Å². The van der Waals surface area contributed by atoms with Gasteiger partial charge in [0.15, 0.2) is 5.78 Å². The number of hydrogen-bond acceptors (Lipinski definition) is 4. The molecule has 0 fully saturated rings. The Bertz CT molecular complexity index is 784. The number of carbonyl (C=O) groups is 2. The summed E-state index contributed by atoms with van der Waals surface area (Å²) in [5.41, 5.74) is 2.82. The van der Waals surface area contributed by atoms with Gasteiger partial charge in [-0.3, -0.25) is 14.5 Å². The first-order valence-electron chi connectivity index (χ1n) is 9.20. The lowest BCUT2D eigenvalue weighted by atomic mass is 9.99. The molecule has 1 N–H and O–H groups in total. The molecular weight excluding hydrogens is 344 g/mol. The minimum absolute atomic E-state index is 0.0455. The van der Waals surface area contributed by atoms with Crippen molar-refractivity contribution >= 4 is 23.0 Å². The number of hydrogen-bond donors (Lipinski definition) is 1. The number of fused-ring (bicyclic) bond motifs is 1. The van der Waals surface area contributed by atoms with Crippen LogP contribution in [0.15, 0.2) is 36.4 Å². The first kappa shape index (κ1) is 18.8. The van der Waals surface area contributed by atoms with Gasteiger partial charge in [-0.1, -0.05) is 24.3 Å². The van der Waals surface area contributed by atoms with Crippen LogP contribution in [-0.4, -0.2) is 35.7 Å². The number of Topliss-reactive ketones (excluding diaryl/α,β-unsaturated/α-hetero) is 1. The molecule has 1 atom stereocenters. The van der Waals surface area contributed by atoms with E-state index in [1.54, 1.807) is 0 Å². The molecular formula is C21H26N2O2S. The van der Waals surface area contributed by atoms with Gasteiger partial charge in [0.25, 0.3) is 0 Å². The van der Waals surface area contributed by atoms with Gasteiger partial charge in [-0.25, -0.2) is 0 Å². The minimum Gasteiger partial charge on any atom is -0.355 e. The van der Waals surface area contributed by atoms with E-state index >= 15 is 0 Å². The predicted molar refractivity (Wildman–Crippen MR) is 106 cm³/mol. The van der Waals surface area contributed by atoms with Gasteiger partial charge in [0.05, 0.1) is 4.88 Å². The van der Waals surface area contributed by atoms with E-state index in [9.17, 15) is 9.59 Å². The fraction of sp³-hybridized carbons (Fsp3) is 0.429. The van der Waals surface area contributed by atoms with Crippen molar-refractivity contribution in [3.05, 3.63) is 57.3 Å². The Labute approximate surface area is 159 Å². The van der Waals surface area contributed by atoms with Crippen molar-refractivity contribution < 1.29 is 9.59 Å². The summed E-state index contributed by atoms with van der Waals surface area (Å²) in [6.45, 7) is 6.70. The van der Waals surface area contributed by atoms with Crippen LogP contribution in [0.3, 0.4) is 0 Å². The number of thiophene rings is 1. The molecule has 138 valence electrons. The van der Waals surface area contributed by atoms with Crippen LogP contribution < -0.4 is 5.32 Å². The van der Waals surface area contributed by atoms with Crippen LogP contribution in [0.2, 0.25) is 0 Å². The summed E-state index contributed by atoms with van der Waals surface area (Å²) >= 11 is 1.49. The summed E-state index contributed by atoms with van der Waals surface area (Å²) in [5.74, 6) is 0.00910. The van der Waals surface area contributed by atoms with Crippen LogP contribution in [0.1, 0.15) is 45.4 Å². The van der Waals surface area contributed by atoms with Gasteiger partial charge in [-0.15, -0.1) is 11.3 Å². The fourth-order valence-electron chi connectivity index (χ4n) is 3.31. The van der Waals surface area contributed by atoms with Gasteiger partial charge in [0, 0.05) is 43.4 Å². The second-order valence-electron chi connectivity index (χ2n) is 6.98. The van der Waals surface area contributed by atoms with Gasteiger partial charge in [0.2, 0.25) is 5.91 Å². The van der Waals surface area contributed by atoms with Gasteiger partial charge >= 0.3 is 0 Å². The highest BCUT2D eigenvalue weighted by Gasteiger charge is 2.20. The van der Waals surface area contributed by atoms with Crippen LogP contribution in [0.4, 0.5) is 0 Å². The number of nitrogens with zero attached hydrogens (tertiary/aromatic N) is 1. The largest absolute Gasteiger partial charge is 0.355 e. The lowest BCUT2D eigenvalue weighted by molar-refractivity contribution is -0.121. The third-order valence-corrected chi connectivity index (χ3v) is 6.01. The normalized spacial score (nSPS) is 15.3. The Morgan fingerprint density at radius 1 is 1.15 bits per heavy atom. The van der Waals surface area contributed by atoms with E-state index in [0.29, 0.717) is 6.54 Å². The molecule has 5 heteroatoms. The van der Waals surface area contributed by atoms with Crippen LogP contribution in [0.25, 0.3) is 0 Å². The molecule has 1 unspecified atom stereocenters. The topological polar surface area (TPSA) is 49.4 Å². The number of benzene rings is 1. The zero-order chi connectivity index (χ0) is 18.5. The highest BCUT2D eigenvalue weighted by molar-refractivity contribution is 7.14. The third kappa shape index (κ3) is 4.80. The molecule has 0 aliphatic carbocycles. The number of aryl methyl sites for hydroxylation is 1. The van der Waals surface area contributed by atoms with Crippen LogP contribution in [0, 0.1) is 6.92 Å². The standard InChI is InChI=1S/C21H26N2O2S/c1-15(23-12-11-17-5-3-4-6-18(17)14-23)13-22-21(25)10-8-19(24)20-9-7-16(2)26-20/h3-7,9,15H,8,10-14H2,1-2H3,(H,22,25). The zero-order valence-electron chi connectivity index (χ0n) is 15.5. The number of ketones is 1. The first-order valence-corrected chi connectivity index (χ1v) is 10.0. The van der Waals surface area contributed by atoms with E-state index < -0.39 is 0 Å². The predicted octanol–water partition coefficient (Wildman–Crippen LogP) is 3.58. The Balaban J connectivity index is 1.41. The molecule has 1 aromatic carbocycles. The minimum atomic E-state index is -0.0455. The summed E-state index contributed by atoms with van der Waals surface area (Å²) in [6, 6.07) is 12.6. The smallest absolute Gasteiger partial charge is 0.220 e. The summed E-state index contributed by atoms with van der Waals surface area (Å²) in [5, 5.41) is 2.99. The maximum atomic E-state index is 12.1. The zero-order valence-corrected chi connectivity index (χ0v) is 16.3. The number of nitrogens with one attached hydrogen (secondary N) is 1. The van der Waals surface area contributed by atoms with Gasteiger partial charge in [-0.2, -0.15) is 0 Å². The van der Waals surface area contributed by atoms with E-state index in [1.807, 2.05) is 19.1 Å². The summed E-state index contributed by atoms with van der Waals surface area (Å²) in [4.78, 5) is 28.4. The van der Waals surface area contributed by atoms with Crippen molar-refractivity contribution in [2.24, 2.45) is 0 Å². The first-order chi connectivity index (χ1) is 12.5. The second-order valence-corrected chi connectivity index (χ2v) is 8.26. The van der Waals surface area contributed by atoms with E-state index in [4.69, 9.17) is 0 Å². The molecule has 0 spiro atoms. The van der Waals surface area contributed by atoms with Crippen LogP contribution >= 0.6 is 11.3 Å². The molecule has 1 aliphatic rings. The molecule has 4 nitrogen and oxygen atoms in total. The molecule has 26 heavy (non-hydrogen) atoms. The van der Waals surface area contributed by atoms with E-state index in [0.717, 1.165) is 29.3 Å². The van der Waals surface area contributed by atoms with E-state index in [2.05, 4.69) is 41.4 Å². The van der Waals surface area contributed by atoms with Crippen molar-refractivity contribution in [3.8, 4) is 0 Å². The van der Waals surface area contributed by atoms with Gasteiger partial charge in [0.1, 0.15) is 0 Å². The molecule has 0 saturated heterocycles. The quantitative estimate of drug-likeness (QED) is 0.758. The Morgan fingerprint density at radius 3 is 2.65 bits per heavy atom. The lowest BCUT2D eigenvalue weighted by Crippen LogP contribution is -2.44. The average Bonchev–Trinajstić information content (AvgIpc) is 3.10. The Kier molecular flexibility index (Phi) is 6.22. The molecule has 2 aromatic rings. The molecule has 2 heterocycles. The van der Waals surface area contributed by atoms with E-state index in [-0.39, 0.29) is 30.6 Å². The molecule has 0 radical (unpaired) electrons. The molecule has 0 saturated carbocycles.